The summed E-state index contributed by atoms with van der Waals surface area (Å²) in [6.07, 6.45) is 0.711. The Balaban J connectivity index is 2.18. The standard InChI is InChI=1S/C14H9ClFNO2/c15-13-7-10(16)3-6-12(13)14(19)17-11-4-1-9(8-18)2-5-11/h1-8H,(H,17,19). The first-order valence-corrected chi connectivity index (χ1v) is 5.79. The van der Waals surface area contributed by atoms with Gasteiger partial charge in [-0.1, -0.05) is 11.6 Å². The van der Waals surface area contributed by atoms with Crippen molar-refractivity contribution in [3.05, 3.63) is 64.4 Å². The second-order valence-corrected chi connectivity index (χ2v) is 4.23. The van der Waals surface area contributed by atoms with Crippen molar-refractivity contribution in [3.63, 3.8) is 0 Å². The summed E-state index contributed by atoms with van der Waals surface area (Å²) in [7, 11) is 0. The molecule has 3 nitrogen and oxygen atoms in total. The third-order valence-corrected chi connectivity index (χ3v) is 2.79. The first-order valence-electron chi connectivity index (χ1n) is 5.42. The Morgan fingerprint density at radius 2 is 1.84 bits per heavy atom. The fraction of sp³-hybridized carbons (Fsp3) is 0. The van der Waals surface area contributed by atoms with Crippen LogP contribution in [0.3, 0.4) is 0 Å². The van der Waals surface area contributed by atoms with Gasteiger partial charge in [-0.3, -0.25) is 9.59 Å². The molecule has 0 aliphatic heterocycles. The van der Waals surface area contributed by atoms with Crippen LogP contribution in [0.15, 0.2) is 42.5 Å². The van der Waals surface area contributed by atoms with E-state index in [-0.39, 0.29) is 10.6 Å². The predicted molar refractivity (Wildman–Crippen MR) is 71.2 cm³/mol. The number of rotatable bonds is 3. The van der Waals surface area contributed by atoms with Gasteiger partial charge >= 0.3 is 0 Å². The molecule has 0 radical (unpaired) electrons. The Morgan fingerprint density at radius 3 is 2.42 bits per heavy atom. The van der Waals surface area contributed by atoms with Gasteiger partial charge in [-0.15, -0.1) is 0 Å². The van der Waals surface area contributed by atoms with Crippen molar-refractivity contribution < 1.29 is 14.0 Å². The molecule has 96 valence electrons. The first-order chi connectivity index (χ1) is 9.10. The van der Waals surface area contributed by atoms with E-state index in [0.717, 1.165) is 12.1 Å². The molecule has 0 heterocycles. The zero-order valence-corrected chi connectivity index (χ0v) is 10.4. The topological polar surface area (TPSA) is 46.2 Å². The predicted octanol–water partition coefficient (Wildman–Crippen LogP) is 3.54. The molecule has 2 aromatic rings. The summed E-state index contributed by atoms with van der Waals surface area (Å²) in [5, 5.41) is 2.65. The van der Waals surface area contributed by atoms with Crippen molar-refractivity contribution >= 4 is 29.5 Å². The van der Waals surface area contributed by atoms with Crippen molar-refractivity contribution in [3.8, 4) is 0 Å². The molecule has 0 fully saturated rings. The van der Waals surface area contributed by atoms with Gasteiger partial charge in [0.15, 0.2) is 0 Å². The number of benzene rings is 2. The van der Waals surface area contributed by atoms with Gasteiger partial charge in [0.05, 0.1) is 10.6 Å². The molecule has 0 aromatic heterocycles. The van der Waals surface area contributed by atoms with Gasteiger partial charge in [-0.05, 0) is 42.5 Å². The van der Waals surface area contributed by atoms with Gasteiger partial charge in [-0.2, -0.15) is 0 Å². The lowest BCUT2D eigenvalue weighted by Crippen LogP contribution is -2.12. The normalized spacial score (nSPS) is 10.0. The molecule has 19 heavy (non-hydrogen) atoms. The van der Waals surface area contributed by atoms with Crippen molar-refractivity contribution in [2.75, 3.05) is 5.32 Å². The maximum absolute atomic E-state index is 12.9. The van der Waals surface area contributed by atoms with Gasteiger partial charge in [-0.25, -0.2) is 4.39 Å². The molecule has 0 unspecified atom stereocenters. The van der Waals surface area contributed by atoms with Gasteiger partial charge in [0, 0.05) is 11.3 Å². The van der Waals surface area contributed by atoms with Crippen LogP contribution in [0.2, 0.25) is 5.02 Å². The number of carbonyl (C=O) groups is 2. The van der Waals surface area contributed by atoms with E-state index in [1.54, 1.807) is 24.3 Å². The number of halogens is 2. The molecular formula is C14H9ClFNO2. The van der Waals surface area contributed by atoms with Crippen LogP contribution in [0.5, 0.6) is 0 Å². The lowest BCUT2D eigenvalue weighted by molar-refractivity contribution is 0.102. The van der Waals surface area contributed by atoms with E-state index in [4.69, 9.17) is 11.6 Å². The average Bonchev–Trinajstić information content (AvgIpc) is 2.39. The molecule has 0 atom stereocenters. The van der Waals surface area contributed by atoms with Crippen molar-refractivity contribution in [1.29, 1.82) is 0 Å². The van der Waals surface area contributed by atoms with Crippen LogP contribution >= 0.6 is 11.6 Å². The fourth-order valence-corrected chi connectivity index (χ4v) is 1.77. The van der Waals surface area contributed by atoms with E-state index in [0.29, 0.717) is 17.5 Å². The number of nitrogens with one attached hydrogen (secondary N) is 1. The van der Waals surface area contributed by atoms with Gasteiger partial charge in [0.1, 0.15) is 12.1 Å². The molecule has 1 N–H and O–H groups in total. The van der Waals surface area contributed by atoms with Crippen molar-refractivity contribution in [2.45, 2.75) is 0 Å². The highest BCUT2D eigenvalue weighted by Crippen LogP contribution is 2.19. The van der Waals surface area contributed by atoms with E-state index in [9.17, 15) is 14.0 Å². The van der Waals surface area contributed by atoms with Crippen LogP contribution in [0.1, 0.15) is 20.7 Å². The van der Waals surface area contributed by atoms with Gasteiger partial charge in [0.25, 0.3) is 5.91 Å². The molecule has 0 bridgehead atoms. The summed E-state index contributed by atoms with van der Waals surface area (Å²) in [5.41, 5.74) is 1.22. The van der Waals surface area contributed by atoms with Gasteiger partial charge in [0.2, 0.25) is 0 Å². The monoisotopic (exact) mass is 277 g/mol. The zero-order chi connectivity index (χ0) is 13.8. The molecule has 2 aromatic carbocycles. The average molecular weight is 278 g/mol. The van der Waals surface area contributed by atoms with E-state index >= 15 is 0 Å². The molecule has 0 saturated carbocycles. The highest BCUT2D eigenvalue weighted by molar-refractivity contribution is 6.34. The number of anilines is 1. The highest BCUT2D eigenvalue weighted by atomic mass is 35.5. The molecule has 1 amide bonds. The number of carbonyl (C=O) groups excluding carboxylic acids is 2. The molecule has 0 spiro atoms. The Hall–Kier alpha value is -2.20. The maximum atomic E-state index is 12.9. The largest absolute Gasteiger partial charge is 0.322 e. The molecule has 5 heteroatoms. The second kappa shape index (κ2) is 5.63. The summed E-state index contributed by atoms with van der Waals surface area (Å²) in [4.78, 5) is 22.4. The summed E-state index contributed by atoms with van der Waals surface area (Å²) in [6.45, 7) is 0. The minimum atomic E-state index is -0.503. The van der Waals surface area contributed by atoms with Crippen LogP contribution in [-0.4, -0.2) is 12.2 Å². The second-order valence-electron chi connectivity index (χ2n) is 3.82. The van der Waals surface area contributed by atoms with Crippen LogP contribution < -0.4 is 5.32 Å². The summed E-state index contributed by atoms with van der Waals surface area (Å²) in [5.74, 6) is -0.944. The summed E-state index contributed by atoms with van der Waals surface area (Å²) < 4.78 is 12.9. The Kier molecular flexibility index (Phi) is 3.92. The Labute approximate surface area is 114 Å². The molecule has 0 aliphatic carbocycles. The third-order valence-electron chi connectivity index (χ3n) is 2.48. The van der Waals surface area contributed by atoms with Crippen molar-refractivity contribution in [2.24, 2.45) is 0 Å². The summed E-state index contributed by atoms with van der Waals surface area (Å²) in [6, 6.07) is 9.90. The van der Waals surface area contributed by atoms with Crippen LogP contribution in [0.4, 0.5) is 10.1 Å². The quantitative estimate of drug-likeness (QED) is 0.872. The lowest BCUT2D eigenvalue weighted by Gasteiger charge is -2.06. The SMILES string of the molecule is O=Cc1ccc(NC(=O)c2ccc(F)cc2Cl)cc1. The fourth-order valence-electron chi connectivity index (χ4n) is 1.52. The molecular weight excluding hydrogens is 269 g/mol. The minimum Gasteiger partial charge on any atom is -0.322 e. The molecule has 0 saturated heterocycles. The van der Waals surface area contributed by atoms with Crippen LogP contribution in [0.25, 0.3) is 0 Å². The summed E-state index contributed by atoms with van der Waals surface area (Å²) >= 11 is 5.79. The van der Waals surface area contributed by atoms with Crippen LogP contribution in [-0.2, 0) is 0 Å². The highest BCUT2D eigenvalue weighted by Gasteiger charge is 2.11. The van der Waals surface area contributed by atoms with E-state index < -0.39 is 11.7 Å². The van der Waals surface area contributed by atoms with Crippen molar-refractivity contribution in [1.82, 2.24) is 0 Å². The van der Waals surface area contributed by atoms with E-state index in [1.807, 2.05) is 0 Å². The van der Waals surface area contributed by atoms with E-state index in [1.165, 1.54) is 6.07 Å². The van der Waals surface area contributed by atoms with E-state index in [2.05, 4.69) is 5.32 Å². The Bertz CT molecular complexity index is 626. The lowest BCUT2D eigenvalue weighted by atomic mass is 10.2. The third kappa shape index (κ3) is 3.17. The minimum absolute atomic E-state index is 0.0435. The maximum Gasteiger partial charge on any atom is 0.257 e. The van der Waals surface area contributed by atoms with Gasteiger partial charge < -0.3 is 5.32 Å². The number of hydrogen-bond donors (Lipinski definition) is 1. The van der Waals surface area contributed by atoms with Crippen LogP contribution in [0, 0.1) is 5.82 Å². The Morgan fingerprint density at radius 1 is 1.16 bits per heavy atom. The number of aldehydes is 1. The molecule has 0 aliphatic rings. The smallest absolute Gasteiger partial charge is 0.257 e. The first kappa shape index (κ1) is 13.2. The number of amides is 1. The zero-order valence-electron chi connectivity index (χ0n) is 9.69. The molecule has 2 rings (SSSR count). The number of hydrogen-bond acceptors (Lipinski definition) is 2.